The van der Waals surface area contributed by atoms with Gasteiger partial charge < -0.3 is 9.64 Å². The molecule has 0 aliphatic carbocycles. The molecule has 3 rings (SSSR count). The lowest BCUT2D eigenvalue weighted by Gasteiger charge is -2.29. The Kier molecular flexibility index (Phi) is 4.90. The number of carbonyl (C=O) groups is 1. The second-order valence-electron chi connectivity index (χ2n) is 6.11. The molecule has 1 N–H and O–H groups in total. The lowest BCUT2D eigenvalue weighted by atomic mass is 10.1. The van der Waals surface area contributed by atoms with Gasteiger partial charge in [-0.3, -0.25) is 10.2 Å². The number of hydrogen-bond acceptors (Lipinski definition) is 4. The summed E-state index contributed by atoms with van der Waals surface area (Å²) in [7, 11) is 0. The number of aryl methyl sites for hydroxylation is 1. The molecule has 2 saturated heterocycles. The highest BCUT2D eigenvalue weighted by molar-refractivity contribution is 5.88. The summed E-state index contributed by atoms with van der Waals surface area (Å²) >= 11 is 0. The third-order valence-corrected chi connectivity index (χ3v) is 4.32. The van der Waals surface area contributed by atoms with Gasteiger partial charge in [0.25, 0.3) is 0 Å². The number of likely N-dealkylation sites (tertiary alicyclic amines) is 1. The fourth-order valence-corrected chi connectivity index (χ4v) is 3.12. The predicted molar refractivity (Wildman–Crippen MR) is 84.9 cm³/mol. The van der Waals surface area contributed by atoms with Crippen molar-refractivity contribution in [1.82, 2.24) is 14.8 Å². The zero-order chi connectivity index (χ0) is 15.4. The van der Waals surface area contributed by atoms with Crippen molar-refractivity contribution in [3.63, 3.8) is 0 Å². The molecule has 22 heavy (non-hydrogen) atoms. The molecule has 2 aliphatic heterocycles. The van der Waals surface area contributed by atoms with E-state index in [-0.39, 0.29) is 6.03 Å². The first-order chi connectivity index (χ1) is 10.7. The lowest BCUT2D eigenvalue weighted by molar-refractivity contribution is 0.0314. The van der Waals surface area contributed by atoms with E-state index < -0.39 is 0 Å². The summed E-state index contributed by atoms with van der Waals surface area (Å²) in [6.07, 6.45) is 1.08. The first-order valence-corrected chi connectivity index (χ1v) is 8.00. The van der Waals surface area contributed by atoms with Crippen LogP contribution in [0.5, 0.6) is 0 Å². The molecular formula is C16H24N4O2. The van der Waals surface area contributed by atoms with Crippen LogP contribution in [0.2, 0.25) is 0 Å². The summed E-state index contributed by atoms with van der Waals surface area (Å²) in [4.78, 5) is 21.0. The van der Waals surface area contributed by atoms with Crippen molar-refractivity contribution in [2.24, 2.45) is 5.92 Å². The van der Waals surface area contributed by atoms with Crippen molar-refractivity contribution < 1.29 is 9.53 Å². The molecule has 3 heterocycles. The Bertz CT molecular complexity index is 517. The van der Waals surface area contributed by atoms with Crippen LogP contribution >= 0.6 is 0 Å². The van der Waals surface area contributed by atoms with Gasteiger partial charge in [0.2, 0.25) is 0 Å². The monoisotopic (exact) mass is 304 g/mol. The summed E-state index contributed by atoms with van der Waals surface area (Å²) in [5.74, 6) is 1.19. The number of amides is 2. The Morgan fingerprint density at radius 3 is 2.95 bits per heavy atom. The molecule has 0 bridgehead atoms. The fraction of sp³-hybridized carbons (Fsp3) is 0.625. The van der Waals surface area contributed by atoms with E-state index in [4.69, 9.17) is 4.74 Å². The largest absolute Gasteiger partial charge is 0.379 e. The van der Waals surface area contributed by atoms with Gasteiger partial charge in [0, 0.05) is 38.4 Å². The van der Waals surface area contributed by atoms with E-state index in [1.807, 2.05) is 30.0 Å². The maximum atomic E-state index is 12.3. The molecule has 1 unspecified atom stereocenters. The maximum Gasteiger partial charge on any atom is 0.323 e. The number of urea groups is 1. The third kappa shape index (κ3) is 3.96. The number of carbonyl (C=O) groups excluding carboxylic acids is 1. The van der Waals surface area contributed by atoms with Crippen LogP contribution < -0.4 is 5.32 Å². The average Bonchev–Trinajstić information content (AvgIpc) is 2.97. The second-order valence-corrected chi connectivity index (χ2v) is 6.11. The minimum absolute atomic E-state index is 0.0393. The molecule has 0 spiro atoms. The number of hydrogen-bond donors (Lipinski definition) is 1. The van der Waals surface area contributed by atoms with Crippen LogP contribution in [0.3, 0.4) is 0 Å². The van der Waals surface area contributed by atoms with Gasteiger partial charge in [0.1, 0.15) is 5.82 Å². The number of anilines is 1. The molecule has 0 radical (unpaired) electrons. The second kappa shape index (κ2) is 7.07. The Morgan fingerprint density at radius 2 is 2.18 bits per heavy atom. The van der Waals surface area contributed by atoms with Gasteiger partial charge >= 0.3 is 6.03 Å². The van der Waals surface area contributed by atoms with E-state index in [9.17, 15) is 4.79 Å². The molecule has 1 aromatic heterocycles. The Balaban J connectivity index is 1.48. The predicted octanol–water partition coefficient (Wildman–Crippen LogP) is 1.58. The van der Waals surface area contributed by atoms with Crippen LogP contribution in [0.1, 0.15) is 12.1 Å². The van der Waals surface area contributed by atoms with Crippen LogP contribution in [0.25, 0.3) is 0 Å². The van der Waals surface area contributed by atoms with Gasteiger partial charge in [-0.05, 0) is 31.4 Å². The SMILES string of the molecule is Cc1cccc(NC(=O)N2CCC(CN3CCOCC3)C2)n1. The molecule has 1 aromatic rings. The Morgan fingerprint density at radius 1 is 1.36 bits per heavy atom. The topological polar surface area (TPSA) is 57.7 Å². The van der Waals surface area contributed by atoms with Gasteiger partial charge in [0.05, 0.1) is 13.2 Å². The van der Waals surface area contributed by atoms with E-state index in [2.05, 4.69) is 15.2 Å². The fourth-order valence-electron chi connectivity index (χ4n) is 3.12. The smallest absolute Gasteiger partial charge is 0.323 e. The molecule has 2 amide bonds. The number of morpholine rings is 1. The van der Waals surface area contributed by atoms with Crippen molar-refractivity contribution in [2.45, 2.75) is 13.3 Å². The normalized spacial score (nSPS) is 22.8. The van der Waals surface area contributed by atoms with Crippen LogP contribution in [-0.4, -0.2) is 66.8 Å². The number of aromatic nitrogens is 1. The van der Waals surface area contributed by atoms with Crippen LogP contribution in [0, 0.1) is 12.8 Å². The number of nitrogens with zero attached hydrogens (tertiary/aromatic N) is 3. The molecule has 120 valence electrons. The molecule has 2 aliphatic rings. The van der Waals surface area contributed by atoms with Crippen molar-refractivity contribution >= 4 is 11.8 Å². The Labute approximate surface area is 131 Å². The highest BCUT2D eigenvalue weighted by Gasteiger charge is 2.28. The zero-order valence-electron chi connectivity index (χ0n) is 13.1. The van der Waals surface area contributed by atoms with E-state index in [0.717, 1.165) is 58.1 Å². The summed E-state index contributed by atoms with van der Waals surface area (Å²) in [6.45, 7) is 8.32. The molecule has 1 atom stereocenters. The molecule has 6 nitrogen and oxygen atoms in total. The van der Waals surface area contributed by atoms with Crippen molar-refractivity contribution in [3.8, 4) is 0 Å². The van der Waals surface area contributed by atoms with Gasteiger partial charge in [-0.15, -0.1) is 0 Å². The first kappa shape index (κ1) is 15.2. The van der Waals surface area contributed by atoms with Crippen LogP contribution in [-0.2, 0) is 4.74 Å². The Hall–Kier alpha value is -1.66. The van der Waals surface area contributed by atoms with E-state index >= 15 is 0 Å². The van der Waals surface area contributed by atoms with Crippen molar-refractivity contribution in [3.05, 3.63) is 23.9 Å². The number of rotatable bonds is 3. The minimum atomic E-state index is -0.0393. The number of pyridine rings is 1. The summed E-state index contributed by atoms with van der Waals surface area (Å²) in [6, 6.07) is 5.61. The minimum Gasteiger partial charge on any atom is -0.379 e. The quantitative estimate of drug-likeness (QED) is 0.921. The number of ether oxygens (including phenoxy) is 1. The molecular weight excluding hydrogens is 280 g/mol. The summed E-state index contributed by atoms with van der Waals surface area (Å²) in [5.41, 5.74) is 0.907. The highest BCUT2D eigenvalue weighted by atomic mass is 16.5. The maximum absolute atomic E-state index is 12.3. The van der Waals surface area contributed by atoms with Crippen molar-refractivity contribution in [1.29, 1.82) is 0 Å². The van der Waals surface area contributed by atoms with Gasteiger partial charge in [0.15, 0.2) is 0 Å². The average molecular weight is 304 g/mol. The van der Waals surface area contributed by atoms with E-state index in [1.54, 1.807) is 0 Å². The van der Waals surface area contributed by atoms with Crippen LogP contribution in [0.4, 0.5) is 10.6 Å². The first-order valence-electron chi connectivity index (χ1n) is 8.00. The number of nitrogens with one attached hydrogen (secondary N) is 1. The standard InChI is InChI=1S/C16H24N4O2/c1-13-3-2-4-15(17-13)18-16(21)20-6-5-14(12-20)11-19-7-9-22-10-8-19/h2-4,14H,5-12H2,1H3,(H,17,18,21). The summed E-state index contributed by atoms with van der Waals surface area (Å²) < 4.78 is 5.38. The van der Waals surface area contributed by atoms with E-state index in [1.165, 1.54) is 0 Å². The highest BCUT2D eigenvalue weighted by Crippen LogP contribution is 2.19. The van der Waals surface area contributed by atoms with E-state index in [0.29, 0.717) is 11.7 Å². The molecule has 0 aromatic carbocycles. The summed E-state index contributed by atoms with van der Waals surface area (Å²) in [5, 5.41) is 2.89. The molecule has 6 heteroatoms. The van der Waals surface area contributed by atoms with Gasteiger partial charge in [-0.25, -0.2) is 9.78 Å². The van der Waals surface area contributed by atoms with Gasteiger partial charge in [-0.2, -0.15) is 0 Å². The lowest BCUT2D eigenvalue weighted by Crippen LogP contribution is -2.40. The van der Waals surface area contributed by atoms with Crippen molar-refractivity contribution in [2.75, 3.05) is 51.3 Å². The zero-order valence-corrected chi connectivity index (χ0v) is 13.1. The third-order valence-electron chi connectivity index (χ3n) is 4.32. The molecule has 2 fully saturated rings. The van der Waals surface area contributed by atoms with Gasteiger partial charge in [-0.1, -0.05) is 6.07 Å². The van der Waals surface area contributed by atoms with Crippen LogP contribution in [0.15, 0.2) is 18.2 Å². The molecule has 0 saturated carbocycles.